The lowest BCUT2D eigenvalue weighted by Gasteiger charge is -2.43. The molecule has 0 aromatic rings. The van der Waals surface area contributed by atoms with Crippen LogP contribution in [0.1, 0.15) is 12.8 Å². The summed E-state index contributed by atoms with van der Waals surface area (Å²) in [6, 6.07) is 0. The maximum absolute atomic E-state index is 2.57. The molecule has 0 aliphatic carbocycles. The van der Waals surface area contributed by atoms with E-state index >= 15 is 0 Å². The van der Waals surface area contributed by atoms with E-state index in [1.54, 1.807) is 0 Å². The number of rotatable bonds is 0. The molecule has 0 N–H and O–H groups in total. The molecular formula is C7H14BN. The lowest BCUT2D eigenvalue weighted by atomic mass is 9.46. The first-order chi connectivity index (χ1) is 4.33. The van der Waals surface area contributed by atoms with Gasteiger partial charge in [-0.1, -0.05) is 12.6 Å². The summed E-state index contributed by atoms with van der Waals surface area (Å²) in [5, 5.41) is 0. The Balaban J connectivity index is 2.09. The largest absolute Gasteiger partial charge is 0.302 e. The maximum atomic E-state index is 2.57. The van der Waals surface area contributed by atoms with Crippen molar-refractivity contribution >= 4 is 7.28 Å². The Morgan fingerprint density at radius 3 is 2.44 bits per heavy atom. The summed E-state index contributed by atoms with van der Waals surface area (Å²) in [6.45, 7) is 1.35. The fraction of sp³-hybridized carbons (Fsp3) is 1.00. The lowest BCUT2D eigenvalue weighted by molar-refractivity contribution is 0.198. The van der Waals surface area contributed by atoms with Gasteiger partial charge in [-0.3, -0.25) is 0 Å². The van der Waals surface area contributed by atoms with E-state index in [1.807, 2.05) is 0 Å². The molecule has 9 heavy (non-hydrogen) atoms. The highest BCUT2D eigenvalue weighted by Crippen LogP contribution is 2.41. The summed E-state index contributed by atoms with van der Waals surface area (Å²) in [5.41, 5.74) is 0.708. The maximum Gasteiger partial charge on any atom is 0.125 e. The molecule has 2 heteroatoms. The van der Waals surface area contributed by atoms with Crippen LogP contribution in [0.2, 0.25) is 12.6 Å². The minimum absolute atomic E-state index is 0.708. The van der Waals surface area contributed by atoms with Crippen LogP contribution in [0.3, 0.4) is 0 Å². The van der Waals surface area contributed by atoms with Crippen molar-refractivity contribution in [3.05, 3.63) is 0 Å². The van der Waals surface area contributed by atoms with Crippen LogP contribution in [-0.2, 0) is 0 Å². The molecule has 2 rings (SSSR count). The number of nitrogens with zero attached hydrogens (tertiary/aromatic N) is 1. The second-order valence-corrected chi connectivity index (χ2v) is 3.60. The monoisotopic (exact) mass is 123 g/mol. The van der Waals surface area contributed by atoms with Gasteiger partial charge in [-0.2, -0.15) is 0 Å². The van der Waals surface area contributed by atoms with Gasteiger partial charge < -0.3 is 4.90 Å². The molecule has 2 heterocycles. The Morgan fingerprint density at radius 1 is 1.44 bits per heavy atom. The van der Waals surface area contributed by atoms with Crippen LogP contribution in [-0.4, -0.2) is 31.3 Å². The first kappa shape index (κ1) is 5.78. The van der Waals surface area contributed by atoms with Crippen molar-refractivity contribution in [2.75, 3.05) is 13.6 Å². The van der Waals surface area contributed by atoms with Gasteiger partial charge >= 0.3 is 0 Å². The molecule has 0 saturated carbocycles. The smallest absolute Gasteiger partial charge is 0.125 e. The zero-order valence-corrected chi connectivity index (χ0v) is 6.19. The Hall–Kier alpha value is 0.0249. The van der Waals surface area contributed by atoms with Gasteiger partial charge in [0.15, 0.2) is 0 Å². The average molecular weight is 123 g/mol. The molecule has 0 aromatic heterocycles. The number of hydrogen-bond donors (Lipinski definition) is 0. The van der Waals surface area contributed by atoms with Gasteiger partial charge in [0.2, 0.25) is 0 Å². The highest BCUT2D eigenvalue weighted by molar-refractivity contribution is 6.41. The van der Waals surface area contributed by atoms with Crippen molar-refractivity contribution in [2.24, 2.45) is 0 Å². The van der Waals surface area contributed by atoms with E-state index in [0.717, 1.165) is 0 Å². The summed E-state index contributed by atoms with van der Waals surface area (Å²) in [7, 11) is 3.76. The van der Waals surface area contributed by atoms with E-state index in [4.69, 9.17) is 0 Å². The molecule has 0 radical (unpaired) electrons. The molecule has 0 atom stereocenters. The van der Waals surface area contributed by atoms with E-state index in [-0.39, 0.29) is 0 Å². The molecule has 2 fully saturated rings. The highest BCUT2D eigenvalue weighted by Gasteiger charge is 2.43. The second kappa shape index (κ2) is 1.75. The van der Waals surface area contributed by atoms with Gasteiger partial charge in [-0.05, 0) is 26.4 Å². The van der Waals surface area contributed by atoms with Crippen LogP contribution in [0.25, 0.3) is 0 Å². The lowest BCUT2D eigenvalue weighted by Crippen LogP contribution is -2.49. The Bertz CT molecular complexity index is 120. The Morgan fingerprint density at radius 2 is 2.22 bits per heavy atom. The van der Waals surface area contributed by atoms with E-state index in [1.165, 1.54) is 39.3 Å². The summed E-state index contributed by atoms with van der Waals surface area (Å²) in [4.78, 5) is 2.57. The summed E-state index contributed by atoms with van der Waals surface area (Å²) >= 11 is 0. The molecule has 2 saturated heterocycles. The third kappa shape index (κ3) is 0.659. The van der Waals surface area contributed by atoms with Crippen molar-refractivity contribution in [3.8, 4) is 0 Å². The predicted octanol–water partition coefficient (Wildman–Crippen LogP) is 0.737. The van der Waals surface area contributed by atoms with Gasteiger partial charge in [-0.25, -0.2) is 0 Å². The van der Waals surface area contributed by atoms with Crippen LogP contribution in [0, 0.1) is 0 Å². The van der Waals surface area contributed by atoms with E-state index in [9.17, 15) is 0 Å². The van der Waals surface area contributed by atoms with E-state index in [2.05, 4.69) is 11.9 Å². The first-order valence-electron chi connectivity index (χ1n) is 4.05. The highest BCUT2D eigenvalue weighted by atomic mass is 15.2. The van der Waals surface area contributed by atoms with Gasteiger partial charge in [0.25, 0.3) is 0 Å². The van der Waals surface area contributed by atoms with Crippen molar-refractivity contribution in [1.29, 1.82) is 0 Å². The first-order valence-corrected chi connectivity index (χ1v) is 4.05. The third-order valence-electron chi connectivity index (χ3n) is 3.23. The summed E-state index contributed by atoms with van der Waals surface area (Å²) in [5.74, 6) is 0. The molecule has 2 aliphatic rings. The summed E-state index contributed by atoms with van der Waals surface area (Å²) in [6.07, 6.45) is 5.87. The third-order valence-corrected chi connectivity index (χ3v) is 3.23. The predicted molar refractivity (Wildman–Crippen MR) is 41.4 cm³/mol. The van der Waals surface area contributed by atoms with E-state index in [0.29, 0.717) is 5.54 Å². The van der Waals surface area contributed by atoms with Crippen molar-refractivity contribution in [2.45, 2.75) is 31.0 Å². The minimum Gasteiger partial charge on any atom is -0.302 e. The van der Waals surface area contributed by atoms with E-state index < -0.39 is 0 Å². The topological polar surface area (TPSA) is 3.24 Å². The summed E-state index contributed by atoms with van der Waals surface area (Å²) < 4.78 is 0. The van der Waals surface area contributed by atoms with Gasteiger partial charge in [-0.15, -0.1) is 0 Å². The molecule has 0 aromatic carbocycles. The fourth-order valence-electron chi connectivity index (χ4n) is 2.29. The van der Waals surface area contributed by atoms with Crippen molar-refractivity contribution in [1.82, 2.24) is 4.90 Å². The van der Waals surface area contributed by atoms with Crippen LogP contribution in [0.5, 0.6) is 0 Å². The SMILES string of the molecule is CN1CCCC12CBC2. The molecule has 0 bridgehead atoms. The van der Waals surface area contributed by atoms with Gasteiger partial charge in [0, 0.05) is 5.54 Å². The molecule has 1 spiro atoms. The standard InChI is InChI=1S/C7H14BN/c1-9-4-2-3-7(9)5-8-6-7/h8H,2-6H2,1H3. The van der Waals surface area contributed by atoms with Crippen LogP contribution >= 0.6 is 0 Å². The van der Waals surface area contributed by atoms with Crippen LogP contribution in [0.4, 0.5) is 0 Å². The Labute approximate surface area is 57.7 Å². The minimum atomic E-state index is 0.708. The van der Waals surface area contributed by atoms with Gasteiger partial charge in [0.1, 0.15) is 7.28 Å². The molecule has 2 aliphatic heterocycles. The number of likely N-dealkylation sites (tertiary alicyclic amines) is 1. The van der Waals surface area contributed by atoms with Crippen molar-refractivity contribution < 1.29 is 0 Å². The molecule has 50 valence electrons. The fourth-order valence-corrected chi connectivity index (χ4v) is 2.29. The molecule has 0 amide bonds. The molecule has 0 unspecified atom stereocenters. The van der Waals surface area contributed by atoms with Gasteiger partial charge in [0.05, 0.1) is 0 Å². The quantitative estimate of drug-likeness (QED) is 0.429. The Kier molecular flexibility index (Phi) is 1.13. The number of hydrogen-bond acceptors (Lipinski definition) is 1. The normalized spacial score (nSPS) is 32.1. The van der Waals surface area contributed by atoms with Crippen LogP contribution < -0.4 is 0 Å². The molecule has 1 nitrogen and oxygen atoms in total. The zero-order chi connectivity index (χ0) is 6.32. The average Bonchev–Trinajstić information content (AvgIpc) is 2.07. The molecular weight excluding hydrogens is 109 g/mol. The second-order valence-electron chi connectivity index (χ2n) is 3.60. The van der Waals surface area contributed by atoms with Crippen LogP contribution in [0.15, 0.2) is 0 Å². The zero-order valence-electron chi connectivity index (χ0n) is 6.19. The van der Waals surface area contributed by atoms with Crippen molar-refractivity contribution in [3.63, 3.8) is 0 Å².